The van der Waals surface area contributed by atoms with Gasteiger partial charge in [0.2, 0.25) is 0 Å². The van der Waals surface area contributed by atoms with Crippen molar-refractivity contribution in [2.45, 2.75) is 32.9 Å². The van der Waals surface area contributed by atoms with E-state index in [4.69, 9.17) is 5.84 Å². The van der Waals surface area contributed by atoms with E-state index in [2.05, 4.69) is 10.5 Å². The zero-order valence-corrected chi connectivity index (χ0v) is 11.2. The predicted octanol–water partition coefficient (Wildman–Crippen LogP) is 2.10. The van der Waals surface area contributed by atoms with Crippen LogP contribution in [-0.2, 0) is 13.0 Å². The number of nitrogens with two attached hydrogens (primary N) is 1. The van der Waals surface area contributed by atoms with E-state index in [1.807, 2.05) is 30.1 Å². The van der Waals surface area contributed by atoms with Crippen LogP contribution in [0.1, 0.15) is 29.7 Å². The fourth-order valence-corrected chi connectivity index (χ4v) is 2.08. The molecule has 0 bridgehead atoms. The predicted molar refractivity (Wildman–Crippen MR) is 72.8 cm³/mol. The Bertz CT molecular complexity index is 550. The van der Waals surface area contributed by atoms with E-state index in [0.717, 1.165) is 24.1 Å². The van der Waals surface area contributed by atoms with Crippen LogP contribution >= 0.6 is 0 Å². The van der Waals surface area contributed by atoms with Gasteiger partial charge in [0.25, 0.3) is 0 Å². The number of hydrogen-bond acceptors (Lipinski definition) is 3. The van der Waals surface area contributed by atoms with Gasteiger partial charge in [-0.05, 0) is 43.0 Å². The van der Waals surface area contributed by atoms with Crippen molar-refractivity contribution in [2.75, 3.05) is 0 Å². The molecule has 0 aliphatic rings. The van der Waals surface area contributed by atoms with E-state index in [1.54, 1.807) is 13.0 Å². The lowest BCUT2D eigenvalue weighted by Crippen LogP contribution is -2.29. The van der Waals surface area contributed by atoms with Gasteiger partial charge in [0.15, 0.2) is 0 Å². The Balaban J connectivity index is 2.17. The van der Waals surface area contributed by atoms with E-state index in [1.165, 1.54) is 6.07 Å². The molecule has 0 aliphatic carbocycles. The molecule has 2 rings (SSSR count). The number of aromatic nitrogens is 2. The second-order valence-electron chi connectivity index (χ2n) is 4.64. The van der Waals surface area contributed by atoms with Crippen LogP contribution in [0.3, 0.4) is 0 Å². The van der Waals surface area contributed by atoms with Gasteiger partial charge in [0.05, 0.1) is 12.2 Å². The van der Waals surface area contributed by atoms with Crippen molar-refractivity contribution >= 4 is 0 Å². The lowest BCUT2D eigenvalue weighted by molar-refractivity contribution is 0.547. The number of benzene rings is 1. The SMILES string of the molecule is CCn1cc(CC(NN)c2ccc(F)c(C)c2)cn1. The van der Waals surface area contributed by atoms with Crippen LogP contribution in [0.4, 0.5) is 4.39 Å². The maximum atomic E-state index is 13.3. The monoisotopic (exact) mass is 262 g/mol. The fraction of sp³-hybridized carbons (Fsp3) is 0.357. The number of aryl methyl sites for hydroxylation is 2. The third-order valence-electron chi connectivity index (χ3n) is 3.24. The molecule has 3 N–H and O–H groups in total. The largest absolute Gasteiger partial charge is 0.273 e. The summed E-state index contributed by atoms with van der Waals surface area (Å²) in [5.74, 6) is 5.41. The summed E-state index contributed by atoms with van der Waals surface area (Å²) in [5.41, 5.74) is 5.49. The molecule has 1 aromatic carbocycles. The molecule has 1 heterocycles. The summed E-state index contributed by atoms with van der Waals surface area (Å²) in [6.07, 6.45) is 4.56. The Morgan fingerprint density at radius 2 is 2.26 bits per heavy atom. The first kappa shape index (κ1) is 13.7. The second kappa shape index (κ2) is 5.95. The van der Waals surface area contributed by atoms with E-state index in [-0.39, 0.29) is 11.9 Å². The highest BCUT2D eigenvalue weighted by Gasteiger charge is 2.13. The van der Waals surface area contributed by atoms with Crippen LogP contribution in [-0.4, -0.2) is 9.78 Å². The third-order valence-corrected chi connectivity index (χ3v) is 3.24. The third kappa shape index (κ3) is 3.19. The van der Waals surface area contributed by atoms with E-state index in [0.29, 0.717) is 5.56 Å². The maximum Gasteiger partial charge on any atom is 0.126 e. The highest BCUT2D eigenvalue weighted by molar-refractivity contribution is 5.27. The van der Waals surface area contributed by atoms with Crippen LogP contribution in [0, 0.1) is 12.7 Å². The van der Waals surface area contributed by atoms with Crippen molar-refractivity contribution in [3.05, 3.63) is 53.1 Å². The van der Waals surface area contributed by atoms with E-state index >= 15 is 0 Å². The summed E-state index contributed by atoms with van der Waals surface area (Å²) < 4.78 is 15.2. The van der Waals surface area contributed by atoms with Gasteiger partial charge in [0, 0.05) is 12.7 Å². The maximum absolute atomic E-state index is 13.3. The number of halogens is 1. The molecule has 0 amide bonds. The van der Waals surface area contributed by atoms with Crippen LogP contribution in [0.25, 0.3) is 0 Å². The van der Waals surface area contributed by atoms with Crippen LogP contribution in [0.5, 0.6) is 0 Å². The number of nitrogens with one attached hydrogen (secondary N) is 1. The van der Waals surface area contributed by atoms with Crippen LogP contribution in [0.15, 0.2) is 30.6 Å². The number of hydrogen-bond donors (Lipinski definition) is 2. The first-order chi connectivity index (χ1) is 9.13. The van der Waals surface area contributed by atoms with Crippen molar-refractivity contribution in [3.8, 4) is 0 Å². The number of nitrogens with zero attached hydrogens (tertiary/aromatic N) is 2. The summed E-state index contributed by atoms with van der Waals surface area (Å²) in [5, 5.41) is 4.24. The Morgan fingerprint density at radius 1 is 1.47 bits per heavy atom. The van der Waals surface area contributed by atoms with Crippen molar-refractivity contribution in [2.24, 2.45) is 5.84 Å². The molecule has 0 saturated carbocycles. The molecule has 1 atom stereocenters. The van der Waals surface area contributed by atoms with Gasteiger partial charge >= 0.3 is 0 Å². The van der Waals surface area contributed by atoms with Gasteiger partial charge in [-0.2, -0.15) is 5.10 Å². The standard InChI is InChI=1S/C14H19FN4/c1-3-19-9-11(8-17-19)7-14(18-16)12-4-5-13(15)10(2)6-12/h4-6,8-9,14,18H,3,7,16H2,1-2H3. The second-order valence-corrected chi connectivity index (χ2v) is 4.64. The minimum atomic E-state index is -0.196. The Morgan fingerprint density at radius 3 is 2.84 bits per heavy atom. The zero-order valence-electron chi connectivity index (χ0n) is 11.2. The minimum absolute atomic E-state index is 0.0474. The molecule has 2 aromatic rings. The molecular weight excluding hydrogens is 243 g/mol. The van der Waals surface area contributed by atoms with E-state index in [9.17, 15) is 4.39 Å². The summed E-state index contributed by atoms with van der Waals surface area (Å²) in [6, 6.07) is 5.01. The molecule has 4 nitrogen and oxygen atoms in total. The van der Waals surface area contributed by atoms with Crippen molar-refractivity contribution in [1.29, 1.82) is 0 Å². The Labute approximate surface area is 112 Å². The average molecular weight is 262 g/mol. The lowest BCUT2D eigenvalue weighted by atomic mass is 9.99. The highest BCUT2D eigenvalue weighted by atomic mass is 19.1. The highest BCUT2D eigenvalue weighted by Crippen LogP contribution is 2.20. The summed E-state index contributed by atoms with van der Waals surface area (Å²) in [4.78, 5) is 0. The molecule has 0 fully saturated rings. The van der Waals surface area contributed by atoms with Gasteiger partial charge in [-0.15, -0.1) is 0 Å². The van der Waals surface area contributed by atoms with Crippen molar-refractivity contribution < 1.29 is 4.39 Å². The van der Waals surface area contributed by atoms with Crippen LogP contribution < -0.4 is 11.3 Å². The Kier molecular flexibility index (Phi) is 4.29. The van der Waals surface area contributed by atoms with Gasteiger partial charge in [0.1, 0.15) is 5.82 Å². The molecular formula is C14H19FN4. The molecule has 19 heavy (non-hydrogen) atoms. The van der Waals surface area contributed by atoms with Crippen LogP contribution in [0.2, 0.25) is 0 Å². The van der Waals surface area contributed by atoms with Gasteiger partial charge in [-0.25, -0.2) is 4.39 Å². The van der Waals surface area contributed by atoms with Crippen molar-refractivity contribution in [3.63, 3.8) is 0 Å². The fourth-order valence-electron chi connectivity index (χ4n) is 2.08. The Hall–Kier alpha value is -1.72. The molecule has 0 saturated heterocycles. The zero-order chi connectivity index (χ0) is 13.8. The summed E-state index contributed by atoms with van der Waals surface area (Å²) in [6.45, 7) is 4.64. The summed E-state index contributed by atoms with van der Waals surface area (Å²) in [7, 11) is 0. The van der Waals surface area contributed by atoms with Crippen molar-refractivity contribution in [1.82, 2.24) is 15.2 Å². The molecule has 0 spiro atoms. The molecule has 0 aliphatic heterocycles. The molecule has 0 radical (unpaired) electrons. The number of rotatable bonds is 5. The first-order valence-corrected chi connectivity index (χ1v) is 6.37. The van der Waals surface area contributed by atoms with E-state index < -0.39 is 0 Å². The quantitative estimate of drug-likeness (QED) is 0.641. The van der Waals surface area contributed by atoms with Gasteiger partial charge in [-0.1, -0.05) is 12.1 Å². The summed E-state index contributed by atoms with van der Waals surface area (Å²) >= 11 is 0. The molecule has 1 aromatic heterocycles. The molecule has 5 heteroatoms. The minimum Gasteiger partial charge on any atom is -0.273 e. The molecule has 102 valence electrons. The smallest absolute Gasteiger partial charge is 0.126 e. The van der Waals surface area contributed by atoms with Gasteiger partial charge in [-0.3, -0.25) is 16.0 Å². The average Bonchev–Trinajstić information content (AvgIpc) is 2.87. The number of hydrazine groups is 1. The lowest BCUT2D eigenvalue weighted by Gasteiger charge is -2.16. The normalized spacial score (nSPS) is 12.6. The molecule has 1 unspecified atom stereocenters. The first-order valence-electron chi connectivity index (χ1n) is 6.37. The topological polar surface area (TPSA) is 55.9 Å². The van der Waals surface area contributed by atoms with Gasteiger partial charge < -0.3 is 0 Å².